The Labute approximate surface area is 78.5 Å². The largest absolute Gasteiger partial charge is 0.382 e. The van der Waals surface area contributed by atoms with Crippen molar-refractivity contribution in [3.63, 3.8) is 0 Å². The van der Waals surface area contributed by atoms with E-state index in [2.05, 4.69) is 5.48 Å². The number of hydroxylamine groups is 1. The smallest absolute Gasteiger partial charge is 0.243 e. The summed E-state index contributed by atoms with van der Waals surface area (Å²) in [5.41, 5.74) is 7.66. The number of hydrogen-bond donors (Lipinski definition) is 2. The summed E-state index contributed by atoms with van der Waals surface area (Å²) in [5, 5.41) is 0. The van der Waals surface area contributed by atoms with Gasteiger partial charge >= 0.3 is 0 Å². The van der Waals surface area contributed by atoms with Gasteiger partial charge in [-0.15, -0.1) is 0 Å². The Hall–Kier alpha value is -0.650. The van der Waals surface area contributed by atoms with Crippen molar-refractivity contribution in [1.82, 2.24) is 5.48 Å². The minimum absolute atomic E-state index is 0.144. The van der Waals surface area contributed by atoms with Crippen molar-refractivity contribution in [2.45, 2.75) is 13.3 Å². The molecule has 0 aliphatic heterocycles. The van der Waals surface area contributed by atoms with Gasteiger partial charge in [-0.1, -0.05) is 6.92 Å². The van der Waals surface area contributed by atoms with Crippen LogP contribution in [0.4, 0.5) is 0 Å². The molecule has 0 saturated carbocycles. The van der Waals surface area contributed by atoms with Crippen LogP contribution in [-0.4, -0.2) is 32.8 Å². The summed E-state index contributed by atoms with van der Waals surface area (Å²) in [6.45, 7) is 3.24. The van der Waals surface area contributed by atoms with E-state index in [4.69, 9.17) is 15.3 Å². The molecule has 0 bridgehead atoms. The van der Waals surface area contributed by atoms with Gasteiger partial charge in [0.25, 0.3) is 0 Å². The Morgan fingerprint density at radius 1 is 1.54 bits per heavy atom. The highest BCUT2D eigenvalue weighted by atomic mass is 16.7. The maximum atomic E-state index is 11.0. The molecule has 1 unspecified atom stereocenters. The first-order valence-corrected chi connectivity index (χ1v) is 4.30. The molecule has 1 amide bonds. The topological polar surface area (TPSA) is 73.6 Å². The van der Waals surface area contributed by atoms with Crippen molar-refractivity contribution in [3.8, 4) is 0 Å². The second-order valence-electron chi connectivity index (χ2n) is 2.91. The van der Waals surface area contributed by atoms with Crippen LogP contribution in [0, 0.1) is 5.92 Å². The van der Waals surface area contributed by atoms with E-state index in [1.54, 1.807) is 7.11 Å². The summed E-state index contributed by atoms with van der Waals surface area (Å²) in [7, 11) is 1.57. The molecule has 0 heterocycles. The fraction of sp³-hybridized carbons (Fsp3) is 0.875. The van der Waals surface area contributed by atoms with Crippen LogP contribution in [0.3, 0.4) is 0 Å². The lowest BCUT2D eigenvalue weighted by atomic mass is 10.1. The van der Waals surface area contributed by atoms with Gasteiger partial charge in [0.1, 0.15) is 0 Å². The monoisotopic (exact) mass is 190 g/mol. The molecule has 3 N–H and O–H groups in total. The third-order valence-electron chi connectivity index (χ3n) is 1.51. The molecular weight excluding hydrogens is 172 g/mol. The summed E-state index contributed by atoms with van der Waals surface area (Å²) in [6, 6.07) is 0. The van der Waals surface area contributed by atoms with E-state index in [1.807, 2.05) is 6.92 Å². The van der Waals surface area contributed by atoms with Gasteiger partial charge in [-0.2, -0.15) is 0 Å². The van der Waals surface area contributed by atoms with Crippen molar-refractivity contribution >= 4 is 5.91 Å². The van der Waals surface area contributed by atoms with Crippen LogP contribution in [0.25, 0.3) is 0 Å². The van der Waals surface area contributed by atoms with E-state index in [0.29, 0.717) is 26.2 Å². The van der Waals surface area contributed by atoms with Crippen LogP contribution in [0.1, 0.15) is 13.3 Å². The molecular formula is C8H18N2O3. The zero-order valence-corrected chi connectivity index (χ0v) is 8.21. The van der Waals surface area contributed by atoms with Crippen molar-refractivity contribution in [3.05, 3.63) is 0 Å². The highest BCUT2D eigenvalue weighted by molar-refractivity contribution is 5.74. The first-order chi connectivity index (χ1) is 6.20. The summed E-state index contributed by atoms with van der Waals surface area (Å²) >= 11 is 0. The molecule has 0 saturated heterocycles. The third-order valence-corrected chi connectivity index (χ3v) is 1.51. The molecule has 0 aromatic carbocycles. The van der Waals surface area contributed by atoms with E-state index >= 15 is 0 Å². The van der Waals surface area contributed by atoms with Crippen LogP contribution in [0.2, 0.25) is 0 Å². The molecule has 78 valence electrons. The number of hydrogen-bond acceptors (Lipinski definition) is 4. The first-order valence-electron chi connectivity index (χ1n) is 4.30. The van der Waals surface area contributed by atoms with Gasteiger partial charge in [-0.25, -0.2) is 5.48 Å². The van der Waals surface area contributed by atoms with Crippen molar-refractivity contribution in [2.75, 3.05) is 26.9 Å². The van der Waals surface area contributed by atoms with E-state index < -0.39 is 0 Å². The van der Waals surface area contributed by atoms with Crippen LogP contribution < -0.4 is 11.2 Å². The predicted octanol–water partition coefficient (Wildman–Crippen LogP) is -0.334. The summed E-state index contributed by atoms with van der Waals surface area (Å²) in [4.78, 5) is 15.9. The van der Waals surface area contributed by atoms with Crippen molar-refractivity contribution in [2.24, 2.45) is 11.7 Å². The summed E-state index contributed by atoms with van der Waals surface area (Å²) in [6.07, 6.45) is 0.392. The van der Waals surface area contributed by atoms with Crippen LogP contribution in [0.5, 0.6) is 0 Å². The Bertz CT molecular complexity index is 141. The molecule has 0 aliphatic rings. The fourth-order valence-electron chi connectivity index (χ4n) is 0.698. The zero-order valence-electron chi connectivity index (χ0n) is 8.21. The van der Waals surface area contributed by atoms with E-state index in [9.17, 15) is 4.79 Å². The maximum Gasteiger partial charge on any atom is 0.243 e. The molecule has 0 fully saturated rings. The molecule has 0 rings (SSSR count). The average Bonchev–Trinajstić information content (AvgIpc) is 2.12. The number of nitrogens with one attached hydrogen (secondary N) is 1. The fourth-order valence-corrected chi connectivity index (χ4v) is 0.698. The standard InChI is InChI=1S/C8H18N2O3/c1-7(6-9)5-8(11)10-13-4-3-12-2/h7H,3-6,9H2,1-2H3,(H,10,11). The molecule has 0 radical (unpaired) electrons. The van der Waals surface area contributed by atoms with E-state index in [0.717, 1.165) is 0 Å². The Morgan fingerprint density at radius 3 is 2.77 bits per heavy atom. The highest BCUT2D eigenvalue weighted by Crippen LogP contribution is 1.97. The molecule has 0 aliphatic carbocycles. The second kappa shape index (κ2) is 7.97. The molecule has 0 aromatic rings. The Balaban J connectivity index is 3.30. The van der Waals surface area contributed by atoms with Gasteiger partial charge < -0.3 is 10.5 Å². The van der Waals surface area contributed by atoms with Gasteiger partial charge in [0.2, 0.25) is 5.91 Å². The van der Waals surface area contributed by atoms with Crippen molar-refractivity contribution < 1.29 is 14.4 Å². The molecule has 5 nitrogen and oxygen atoms in total. The number of carbonyl (C=O) groups excluding carboxylic acids is 1. The average molecular weight is 190 g/mol. The highest BCUT2D eigenvalue weighted by Gasteiger charge is 2.06. The maximum absolute atomic E-state index is 11.0. The zero-order chi connectivity index (χ0) is 10.1. The first kappa shape index (κ1) is 12.3. The van der Waals surface area contributed by atoms with Gasteiger partial charge in [0, 0.05) is 13.5 Å². The predicted molar refractivity (Wildman–Crippen MR) is 48.8 cm³/mol. The summed E-state index contributed by atoms with van der Waals surface area (Å²) < 4.78 is 4.73. The quantitative estimate of drug-likeness (QED) is 0.425. The van der Waals surface area contributed by atoms with Gasteiger partial charge in [-0.05, 0) is 12.5 Å². The van der Waals surface area contributed by atoms with Gasteiger partial charge in [0.05, 0.1) is 13.2 Å². The minimum Gasteiger partial charge on any atom is -0.382 e. The second-order valence-corrected chi connectivity index (χ2v) is 2.91. The van der Waals surface area contributed by atoms with Crippen LogP contribution in [-0.2, 0) is 14.4 Å². The number of ether oxygens (including phenoxy) is 1. The third kappa shape index (κ3) is 7.70. The Morgan fingerprint density at radius 2 is 2.23 bits per heavy atom. The number of amides is 1. The van der Waals surface area contributed by atoms with E-state index in [-0.39, 0.29) is 11.8 Å². The van der Waals surface area contributed by atoms with Gasteiger partial charge in [-0.3, -0.25) is 9.63 Å². The lowest BCUT2D eigenvalue weighted by molar-refractivity contribution is -0.135. The van der Waals surface area contributed by atoms with E-state index in [1.165, 1.54) is 0 Å². The Kier molecular flexibility index (Phi) is 7.57. The van der Waals surface area contributed by atoms with Crippen LogP contribution >= 0.6 is 0 Å². The molecule has 0 spiro atoms. The lowest BCUT2D eigenvalue weighted by Gasteiger charge is -2.08. The number of carbonyl (C=O) groups is 1. The molecule has 13 heavy (non-hydrogen) atoms. The molecule has 5 heteroatoms. The SMILES string of the molecule is COCCONC(=O)CC(C)CN. The number of nitrogens with two attached hydrogens (primary N) is 1. The number of rotatable bonds is 7. The molecule has 0 aromatic heterocycles. The van der Waals surface area contributed by atoms with Crippen LogP contribution in [0.15, 0.2) is 0 Å². The molecule has 1 atom stereocenters. The van der Waals surface area contributed by atoms with Crippen molar-refractivity contribution in [1.29, 1.82) is 0 Å². The van der Waals surface area contributed by atoms with Gasteiger partial charge in [0.15, 0.2) is 0 Å². The normalized spacial score (nSPS) is 12.5. The summed E-state index contributed by atoms with van der Waals surface area (Å²) in [5.74, 6) is 0.0417. The minimum atomic E-state index is -0.144. The lowest BCUT2D eigenvalue weighted by Crippen LogP contribution is -2.28. The number of methoxy groups -OCH3 is 1.